The van der Waals surface area contributed by atoms with E-state index in [-0.39, 0.29) is 23.9 Å². The summed E-state index contributed by atoms with van der Waals surface area (Å²) in [6, 6.07) is 16.1. The Kier molecular flexibility index (Phi) is 4.59. The first-order valence-electron chi connectivity index (χ1n) is 8.54. The summed E-state index contributed by atoms with van der Waals surface area (Å²) < 4.78 is 12.2. The number of hydrogen-bond donors (Lipinski definition) is 1. The van der Waals surface area contributed by atoms with Crippen molar-refractivity contribution in [1.29, 1.82) is 0 Å². The van der Waals surface area contributed by atoms with Crippen LogP contribution in [0.15, 0.2) is 70.1 Å². The molecule has 0 atom stereocenters. The Morgan fingerprint density at radius 2 is 1.86 bits per heavy atom. The van der Waals surface area contributed by atoms with E-state index >= 15 is 0 Å². The van der Waals surface area contributed by atoms with E-state index < -0.39 is 0 Å². The maximum Gasteiger partial charge on any atom is 0.266 e. The highest BCUT2D eigenvalue weighted by atomic mass is 16.5. The van der Waals surface area contributed by atoms with Gasteiger partial charge in [0.15, 0.2) is 5.82 Å². The number of nitrogens with zero attached hydrogens (tertiary/aromatic N) is 4. The van der Waals surface area contributed by atoms with Gasteiger partial charge in [0.25, 0.3) is 11.4 Å². The van der Waals surface area contributed by atoms with Gasteiger partial charge in [-0.25, -0.2) is 14.6 Å². The first-order chi connectivity index (χ1) is 13.6. The summed E-state index contributed by atoms with van der Waals surface area (Å²) in [5.74, 6) is 0.954. The molecule has 3 aromatic heterocycles. The van der Waals surface area contributed by atoms with Crippen LogP contribution >= 0.6 is 0 Å². The summed E-state index contributed by atoms with van der Waals surface area (Å²) in [7, 11) is 1.58. The van der Waals surface area contributed by atoms with Crippen molar-refractivity contribution >= 4 is 5.82 Å². The van der Waals surface area contributed by atoms with Gasteiger partial charge in [0.05, 0.1) is 6.26 Å². The molecule has 0 saturated carbocycles. The largest absolute Gasteiger partial charge is 0.467 e. The van der Waals surface area contributed by atoms with Crippen molar-refractivity contribution in [3.63, 3.8) is 0 Å². The molecule has 8 heteroatoms. The van der Waals surface area contributed by atoms with Crippen molar-refractivity contribution in [1.82, 2.24) is 19.7 Å². The Hall–Kier alpha value is -3.94. The molecule has 0 aliphatic carbocycles. The van der Waals surface area contributed by atoms with Crippen molar-refractivity contribution < 1.29 is 9.15 Å². The zero-order valence-electron chi connectivity index (χ0n) is 15.1. The minimum atomic E-state index is -0.220. The predicted octanol–water partition coefficient (Wildman–Crippen LogP) is 2.66. The number of hydrogen-bond acceptors (Lipinski definition) is 7. The molecular weight excluding hydrogens is 358 g/mol. The van der Waals surface area contributed by atoms with Crippen LogP contribution in [0.4, 0.5) is 5.82 Å². The normalized spacial score (nSPS) is 10.8. The number of nitrogen functional groups attached to an aromatic ring is 1. The fourth-order valence-electron chi connectivity index (χ4n) is 2.68. The third-order valence-electron chi connectivity index (χ3n) is 4.07. The fraction of sp³-hybridized carbons (Fsp3) is 0.100. The van der Waals surface area contributed by atoms with E-state index in [2.05, 4.69) is 15.1 Å². The lowest BCUT2D eigenvalue weighted by molar-refractivity contribution is 0.261. The van der Waals surface area contributed by atoms with Crippen LogP contribution in [0.25, 0.3) is 22.6 Å². The van der Waals surface area contributed by atoms with E-state index in [1.807, 2.05) is 30.3 Å². The van der Waals surface area contributed by atoms with Crippen LogP contribution in [0.3, 0.4) is 0 Å². The number of rotatable bonds is 5. The van der Waals surface area contributed by atoms with E-state index in [1.54, 1.807) is 31.5 Å². The monoisotopic (exact) mass is 375 g/mol. The lowest BCUT2D eigenvalue weighted by Gasteiger charge is -2.13. The van der Waals surface area contributed by atoms with E-state index in [9.17, 15) is 4.79 Å². The zero-order valence-corrected chi connectivity index (χ0v) is 15.1. The average molecular weight is 375 g/mol. The molecule has 0 spiro atoms. The molecule has 0 aliphatic rings. The summed E-state index contributed by atoms with van der Waals surface area (Å²) in [5, 5.41) is 4.30. The number of ether oxygens (including phenoxy) is 1. The molecule has 4 aromatic rings. The number of benzene rings is 1. The highest BCUT2D eigenvalue weighted by Crippen LogP contribution is 2.32. The first kappa shape index (κ1) is 17.5. The van der Waals surface area contributed by atoms with Crippen LogP contribution in [0.5, 0.6) is 5.88 Å². The summed E-state index contributed by atoms with van der Waals surface area (Å²) in [6.07, 6.45) is 1.56. The third-order valence-corrected chi connectivity index (χ3v) is 4.07. The minimum absolute atomic E-state index is 0.152. The molecule has 1 aromatic carbocycles. The maximum absolute atomic E-state index is 11.7. The van der Waals surface area contributed by atoms with Gasteiger partial charge in [-0.1, -0.05) is 30.3 Å². The van der Waals surface area contributed by atoms with Gasteiger partial charge in [-0.2, -0.15) is 5.10 Å². The van der Waals surface area contributed by atoms with Gasteiger partial charge in [0, 0.05) is 18.7 Å². The summed E-state index contributed by atoms with van der Waals surface area (Å²) in [4.78, 5) is 20.8. The lowest BCUT2D eigenvalue weighted by Crippen LogP contribution is -2.18. The molecule has 0 radical (unpaired) electrons. The van der Waals surface area contributed by atoms with E-state index in [0.29, 0.717) is 22.8 Å². The van der Waals surface area contributed by atoms with Crippen LogP contribution in [-0.2, 0) is 13.7 Å². The molecule has 0 unspecified atom stereocenters. The van der Waals surface area contributed by atoms with Crippen molar-refractivity contribution in [3.8, 4) is 28.5 Å². The second kappa shape index (κ2) is 7.36. The second-order valence-electron chi connectivity index (χ2n) is 6.03. The highest BCUT2D eigenvalue weighted by molar-refractivity contribution is 5.77. The van der Waals surface area contributed by atoms with Gasteiger partial charge in [-0.05, 0) is 18.2 Å². The number of nitrogens with two attached hydrogens (primary N) is 1. The van der Waals surface area contributed by atoms with Gasteiger partial charge < -0.3 is 14.9 Å². The molecule has 0 aliphatic heterocycles. The number of furan rings is 1. The van der Waals surface area contributed by atoms with Crippen LogP contribution in [0.2, 0.25) is 0 Å². The number of aromatic nitrogens is 4. The number of aryl methyl sites for hydroxylation is 1. The van der Waals surface area contributed by atoms with Crippen LogP contribution < -0.4 is 16.0 Å². The van der Waals surface area contributed by atoms with Gasteiger partial charge in [0.1, 0.15) is 29.4 Å². The Labute approximate surface area is 160 Å². The molecule has 8 nitrogen and oxygen atoms in total. The highest BCUT2D eigenvalue weighted by Gasteiger charge is 2.18. The van der Waals surface area contributed by atoms with Gasteiger partial charge in [0.2, 0.25) is 0 Å². The van der Waals surface area contributed by atoms with Crippen molar-refractivity contribution in [2.24, 2.45) is 7.05 Å². The summed E-state index contributed by atoms with van der Waals surface area (Å²) >= 11 is 0. The molecule has 0 bridgehead atoms. The SMILES string of the molecule is Cn1nc(-c2nc(OCc3ccco3)c(N)nc2-c2ccccc2)ccc1=O. The molecular formula is C20H17N5O3. The Bertz CT molecular complexity index is 1150. The Balaban J connectivity index is 1.82. The minimum Gasteiger partial charge on any atom is -0.467 e. The van der Waals surface area contributed by atoms with Crippen molar-refractivity contribution in [2.75, 3.05) is 5.73 Å². The molecule has 3 heterocycles. The van der Waals surface area contributed by atoms with Crippen molar-refractivity contribution in [2.45, 2.75) is 6.61 Å². The molecule has 2 N–H and O–H groups in total. The molecule has 4 rings (SSSR count). The lowest BCUT2D eigenvalue weighted by atomic mass is 10.1. The molecule has 0 saturated heterocycles. The number of anilines is 1. The summed E-state index contributed by atoms with van der Waals surface area (Å²) in [5.41, 5.74) is 8.20. The van der Waals surface area contributed by atoms with Crippen molar-refractivity contribution in [3.05, 3.63) is 77.0 Å². The van der Waals surface area contributed by atoms with Crippen LogP contribution in [-0.4, -0.2) is 19.7 Å². The van der Waals surface area contributed by atoms with E-state index in [1.165, 1.54) is 10.7 Å². The predicted molar refractivity (Wildman–Crippen MR) is 103 cm³/mol. The Morgan fingerprint density at radius 3 is 2.57 bits per heavy atom. The van der Waals surface area contributed by atoms with E-state index in [0.717, 1.165) is 5.56 Å². The van der Waals surface area contributed by atoms with E-state index in [4.69, 9.17) is 14.9 Å². The first-order valence-corrected chi connectivity index (χ1v) is 8.54. The zero-order chi connectivity index (χ0) is 19.5. The second-order valence-corrected chi connectivity index (χ2v) is 6.03. The fourth-order valence-corrected chi connectivity index (χ4v) is 2.68. The molecule has 0 fully saturated rings. The van der Waals surface area contributed by atoms with Gasteiger partial charge >= 0.3 is 0 Å². The van der Waals surface area contributed by atoms with Crippen LogP contribution in [0, 0.1) is 0 Å². The smallest absolute Gasteiger partial charge is 0.266 e. The van der Waals surface area contributed by atoms with Gasteiger partial charge in [-0.3, -0.25) is 4.79 Å². The molecule has 0 amide bonds. The standard InChI is InChI=1S/C20H17N5O3/c1-25-16(26)10-9-15(24-25)18-17(13-6-3-2-4-7-13)22-19(21)20(23-18)28-12-14-8-5-11-27-14/h2-11H,12H2,1H3,(H2,21,22). The third kappa shape index (κ3) is 3.48. The Morgan fingerprint density at radius 1 is 1.04 bits per heavy atom. The topological polar surface area (TPSA) is 109 Å². The van der Waals surface area contributed by atoms with Gasteiger partial charge in [-0.15, -0.1) is 0 Å². The van der Waals surface area contributed by atoms with Crippen LogP contribution in [0.1, 0.15) is 5.76 Å². The summed E-state index contributed by atoms with van der Waals surface area (Å²) in [6.45, 7) is 0.163. The molecule has 28 heavy (non-hydrogen) atoms. The molecule has 140 valence electrons. The quantitative estimate of drug-likeness (QED) is 0.571. The maximum atomic E-state index is 11.7. The average Bonchev–Trinajstić information content (AvgIpc) is 3.23.